The van der Waals surface area contributed by atoms with Gasteiger partial charge in [0, 0.05) is 6.54 Å². The van der Waals surface area contributed by atoms with Gasteiger partial charge in [0.1, 0.15) is 5.75 Å². The van der Waals surface area contributed by atoms with Crippen LogP contribution in [0.1, 0.15) is 31.4 Å². The van der Waals surface area contributed by atoms with Crippen LogP contribution in [0.4, 0.5) is 0 Å². The molecule has 17 heavy (non-hydrogen) atoms. The number of likely N-dealkylation sites (N-methyl/N-ethyl adjacent to an activating group) is 1. The van der Waals surface area contributed by atoms with Crippen LogP contribution in [0.15, 0.2) is 18.2 Å². The highest BCUT2D eigenvalue weighted by Crippen LogP contribution is 2.18. The lowest BCUT2D eigenvalue weighted by atomic mass is 10.1. The van der Waals surface area contributed by atoms with Crippen molar-refractivity contribution in [1.29, 1.82) is 0 Å². The minimum absolute atomic E-state index is 0.0479. The van der Waals surface area contributed by atoms with Crippen molar-refractivity contribution < 1.29 is 9.53 Å². The van der Waals surface area contributed by atoms with E-state index in [1.165, 1.54) is 11.1 Å². The van der Waals surface area contributed by atoms with E-state index < -0.39 is 6.10 Å². The molecule has 0 aliphatic carbocycles. The fraction of sp³-hybridized carbons (Fsp3) is 0.500. The first-order chi connectivity index (χ1) is 8.08. The molecule has 1 aromatic carbocycles. The van der Waals surface area contributed by atoms with Crippen molar-refractivity contribution in [2.24, 2.45) is 0 Å². The number of ether oxygens (including phenoxy) is 1. The molecule has 0 radical (unpaired) electrons. The smallest absolute Gasteiger partial charge is 0.261 e. The van der Waals surface area contributed by atoms with E-state index in [9.17, 15) is 4.79 Å². The molecule has 1 N–H and O–H groups in total. The van der Waals surface area contributed by atoms with Crippen LogP contribution in [-0.4, -0.2) is 18.6 Å². The summed E-state index contributed by atoms with van der Waals surface area (Å²) in [6.07, 6.45) is 0.260. The normalized spacial score (nSPS) is 12.0. The molecule has 94 valence electrons. The monoisotopic (exact) mass is 235 g/mol. The van der Waals surface area contributed by atoms with Gasteiger partial charge in [0.2, 0.25) is 0 Å². The van der Waals surface area contributed by atoms with Crippen molar-refractivity contribution >= 4 is 5.91 Å². The second kappa shape index (κ2) is 6.28. The van der Waals surface area contributed by atoms with E-state index >= 15 is 0 Å². The van der Waals surface area contributed by atoms with Crippen molar-refractivity contribution in [2.75, 3.05) is 6.54 Å². The van der Waals surface area contributed by atoms with Crippen molar-refractivity contribution in [3.05, 3.63) is 29.3 Å². The Morgan fingerprint density at radius 2 is 2.00 bits per heavy atom. The summed E-state index contributed by atoms with van der Waals surface area (Å²) in [6, 6.07) is 5.89. The van der Waals surface area contributed by atoms with Crippen molar-refractivity contribution in [3.63, 3.8) is 0 Å². The van der Waals surface area contributed by atoms with Crippen molar-refractivity contribution in [2.45, 2.75) is 40.2 Å². The number of hydrogen-bond donors (Lipinski definition) is 1. The molecular weight excluding hydrogens is 214 g/mol. The summed E-state index contributed by atoms with van der Waals surface area (Å²) in [5, 5.41) is 2.78. The molecule has 0 aliphatic heterocycles. The number of hydrogen-bond acceptors (Lipinski definition) is 2. The summed E-state index contributed by atoms with van der Waals surface area (Å²) in [5.41, 5.74) is 2.40. The molecule has 3 heteroatoms. The number of carbonyl (C=O) groups excluding carboxylic acids is 1. The highest BCUT2D eigenvalue weighted by molar-refractivity contribution is 5.81. The van der Waals surface area contributed by atoms with E-state index in [4.69, 9.17) is 4.74 Å². The summed E-state index contributed by atoms with van der Waals surface area (Å²) in [6.45, 7) is 8.57. The van der Waals surface area contributed by atoms with Gasteiger partial charge in [-0.1, -0.05) is 13.0 Å². The molecule has 0 saturated heterocycles. The van der Waals surface area contributed by atoms with Gasteiger partial charge in [-0.2, -0.15) is 0 Å². The molecule has 1 atom stereocenters. The third-order valence-electron chi connectivity index (χ3n) is 2.77. The molecule has 0 saturated carbocycles. The minimum atomic E-state index is -0.406. The Morgan fingerprint density at radius 1 is 1.29 bits per heavy atom. The lowest BCUT2D eigenvalue weighted by Crippen LogP contribution is -2.37. The van der Waals surface area contributed by atoms with Gasteiger partial charge in [0.25, 0.3) is 5.91 Å². The SMILES string of the molecule is CCNC(=O)[C@H](CC)Oc1ccc(C)c(C)c1. The summed E-state index contributed by atoms with van der Waals surface area (Å²) >= 11 is 0. The lowest BCUT2D eigenvalue weighted by Gasteiger charge is -2.17. The van der Waals surface area contributed by atoms with Crippen LogP contribution in [0.2, 0.25) is 0 Å². The maximum Gasteiger partial charge on any atom is 0.261 e. The standard InChI is InChI=1S/C14H21NO2/c1-5-13(14(16)15-6-2)17-12-8-7-10(3)11(4)9-12/h7-9,13H,5-6H2,1-4H3,(H,15,16)/t13-/m0/s1. The minimum Gasteiger partial charge on any atom is -0.481 e. The molecule has 0 spiro atoms. The van der Waals surface area contributed by atoms with Gasteiger partial charge < -0.3 is 10.1 Å². The van der Waals surface area contributed by atoms with Crippen LogP contribution in [0.5, 0.6) is 5.75 Å². The molecule has 1 rings (SSSR count). The highest BCUT2D eigenvalue weighted by Gasteiger charge is 2.17. The zero-order chi connectivity index (χ0) is 12.8. The van der Waals surface area contributed by atoms with Crippen LogP contribution in [0, 0.1) is 13.8 Å². The van der Waals surface area contributed by atoms with Gasteiger partial charge in [0.15, 0.2) is 6.10 Å². The van der Waals surface area contributed by atoms with E-state index in [0.717, 1.165) is 5.75 Å². The Labute approximate surface area is 103 Å². The number of aryl methyl sites for hydroxylation is 2. The molecule has 0 unspecified atom stereocenters. The second-order valence-corrected chi connectivity index (χ2v) is 4.16. The molecule has 1 amide bonds. The number of benzene rings is 1. The quantitative estimate of drug-likeness (QED) is 0.852. The zero-order valence-electron chi connectivity index (χ0n) is 11.0. The van der Waals surface area contributed by atoms with Crippen LogP contribution < -0.4 is 10.1 Å². The highest BCUT2D eigenvalue weighted by atomic mass is 16.5. The van der Waals surface area contributed by atoms with E-state index in [0.29, 0.717) is 13.0 Å². The molecule has 0 aromatic heterocycles. The summed E-state index contributed by atoms with van der Waals surface area (Å²) < 4.78 is 5.70. The van der Waals surface area contributed by atoms with E-state index in [2.05, 4.69) is 12.2 Å². The molecule has 0 bridgehead atoms. The summed E-state index contributed by atoms with van der Waals surface area (Å²) in [4.78, 5) is 11.7. The Bertz CT molecular complexity index is 388. The Balaban J connectivity index is 2.73. The maximum absolute atomic E-state index is 11.7. The molecule has 1 aromatic rings. The number of nitrogens with one attached hydrogen (secondary N) is 1. The third-order valence-corrected chi connectivity index (χ3v) is 2.77. The van der Waals surface area contributed by atoms with Crippen molar-refractivity contribution in [3.8, 4) is 5.75 Å². The van der Waals surface area contributed by atoms with Crippen LogP contribution in [-0.2, 0) is 4.79 Å². The topological polar surface area (TPSA) is 38.3 Å². The Hall–Kier alpha value is -1.51. The Morgan fingerprint density at radius 3 is 2.53 bits per heavy atom. The average molecular weight is 235 g/mol. The lowest BCUT2D eigenvalue weighted by molar-refractivity contribution is -0.128. The first kappa shape index (κ1) is 13.6. The summed E-state index contributed by atoms with van der Waals surface area (Å²) in [7, 11) is 0. The van der Waals surface area contributed by atoms with Gasteiger partial charge in [-0.3, -0.25) is 4.79 Å². The predicted molar refractivity (Wildman–Crippen MR) is 69.3 cm³/mol. The van der Waals surface area contributed by atoms with Gasteiger partial charge in [0.05, 0.1) is 0 Å². The first-order valence-electron chi connectivity index (χ1n) is 6.10. The van der Waals surface area contributed by atoms with Gasteiger partial charge in [-0.15, -0.1) is 0 Å². The van der Waals surface area contributed by atoms with Crippen LogP contribution >= 0.6 is 0 Å². The number of carbonyl (C=O) groups is 1. The van der Waals surface area contributed by atoms with E-state index in [1.54, 1.807) is 0 Å². The van der Waals surface area contributed by atoms with Crippen molar-refractivity contribution in [1.82, 2.24) is 5.32 Å². The maximum atomic E-state index is 11.7. The van der Waals surface area contributed by atoms with Crippen LogP contribution in [0.3, 0.4) is 0 Å². The van der Waals surface area contributed by atoms with Gasteiger partial charge in [-0.25, -0.2) is 0 Å². The second-order valence-electron chi connectivity index (χ2n) is 4.16. The third kappa shape index (κ3) is 3.77. The molecule has 0 heterocycles. The number of rotatable bonds is 5. The van der Waals surface area contributed by atoms with E-state index in [1.807, 2.05) is 39.0 Å². The summed E-state index contributed by atoms with van der Waals surface area (Å²) in [5.74, 6) is 0.708. The predicted octanol–water partition coefficient (Wildman–Crippen LogP) is 2.60. The molecule has 3 nitrogen and oxygen atoms in total. The first-order valence-corrected chi connectivity index (χ1v) is 6.10. The zero-order valence-corrected chi connectivity index (χ0v) is 11.0. The van der Waals surface area contributed by atoms with Gasteiger partial charge >= 0.3 is 0 Å². The van der Waals surface area contributed by atoms with E-state index in [-0.39, 0.29) is 5.91 Å². The molecule has 0 fully saturated rings. The van der Waals surface area contributed by atoms with Gasteiger partial charge in [-0.05, 0) is 50.5 Å². The largest absolute Gasteiger partial charge is 0.481 e. The molecule has 0 aliphatic rings. The fourth-order valence-corrected chi connectivity index (χ4v) is 1.56. The average Bonchev–Trinajstić information content (AvgIpc) is 2.30. The Kier molecular flexibility index (Phi) is 5.01. The number of amides is 1. The fourth-order valence-electron chi connectivity index (χ4n) is 1.56. The van der Waals surface area contributed by atoms with Crippen LogP contribution in [0.25, 0.3) is 0 Å². The molecular formula is C14H21NO2.